The quantitative estimate of drug-likeness (QED) is 0.246. The van der Waals surface area contributed by atoms with Crippen molar-refractivity contribution in [2.24, 2.45) is 0 Å². The molecule has 0 fully saturated rings. The molecular weight excluding hydrogens is 368 g/mol. The summed E-state index contributed by atoms with van der Waals surface area (Å²) in [4.78, 5) is 0. The van der Waals surface area contributed by atoms with Crippen LogP contribution in [0.4, 0.5) is 30.7 Å². The molecule has 0 aliphatic heterocycles. The van der Waals surface area contributed by atoms with Crippen molar-refractivity contribution < 1.29 is 30.7 Å². The minimum absolute atomic E-state index is 0.229. The van der Waals surface area contributed by atoms with E-state index in [1.165, 1.54) is 0 Å². The van der Waals surface area contributed by atoms with E-state index in [0.717, 1.165) is 10.8 Å². The Morgan fingerprint density at radius 2 is 1.18 bits per heavy atom. The second-order valence-electron chi connectivity index (χ2n) is 3.63. The van der Waals surface area contributed by atoms with Crippen molar-refractivity contribution in [3.8, 4) is 0 Å². The van der Waals surface area contributed by atoms with Gasteiger partial charge in [0.25, 0.3) is 0 Å². The lowest BCUT2D eigenvalue weighted by molar-refractivity contribution is -0.355. The largest absolute Gasteiger partial charge is 0.459 e. The van der Waals surface area contributed by atoms with Crippen LogP contribution in [0.1, 0.15) is 32.1 Å². The Bertz CT molecular complexity index is 224. The van der Waals surface area contributed by atoms with E-state index in [4.69, 9.17) is 0 Å². The fourth-order valence-corrected chi connectivity index (χ4v) is 1.70. The summed E-state index contributed by atoms with van der Waals surface area (Å²) in [7, 11) is 0. The highest BCUT2D eigenvalue weighted by molar-refractivity contribution is 14.1. The number of rotatable bonds is 7. The van der Waals surface area contributed by atoms with Crippen LogP contribution in [-0.2, 0) is 0 Å². The van der Waals surface area contributed by atoms with Crippen molar-refractivity contribution in [2.75, 3.05) is 4.43 Å². The zero-order valence-electron chi connectivity index (χ0n) is 8.77. The first-order valence-electron chi connectivity index (χ1n) is 4.94. The van der Waals surface area contributed by atoms with Crippen LogP contribution in [0, 0.1) is 0 Å². The van der Waals surface area contributed by atoms with Crippen LogP contribution >= 0.6 is 22.6 Å². The SMILES string of the molecule is FC(F)(F)C(F)(F)C(F)(F)CCCCCCI. The zero-order chi connectivity index (χ0) is 13.7. The van der Waals surface area contributed by atoms with Gasteiger partial charge in [-0.1, -0.05) is 35.4 Å². The first kappa shape index (κ1) is 17.2. The highest BCUT2D eigenvalue weighted by Gasteiger charge is 2.72. The average Bonchev–Trinajstić information content (AvgIpc) is 2.15. The van der Waals surface area contributed by atoms with E-state index in [1.54, 1.807) is 0 Å². The van der Waals surface area contributed by atoms with Crippen molar-refractivity contribution in [3.63, 3.8) is 0 Å². The number of hydrogen-bond donors (Lipinski definition) is 0. The molecule has 0 aromatic rings. The molecule has 0 radical (unpaired) electrons. The van der Waals surface area contributed by atoms with Crippen LogP contribution in [0.3, 0.4) is 0 Å². The lowest BCUT2D eigenvalue weighted by Gasteiger charge is -2.28. The van der Waals surface area contributed by atoms with Crippen LogP contribution in [0.15, 0.2) is 0 Å². The first-order chi connectivity index (χ1) is 7.56. The molecule has 0 spiro atoms. The predicted octanol–water partition coefficient (Wildman–Crippen LogP) is 5.20. The molecule has 0 bridgehead atoms. The third-order valence-corrected chi connectivity index (χ3v) is 2.95. The Hall–Kier alpha value is 0.240. The molecule has 0 nitrogen and oxygen atoms in total. The van der Waals surface area contributed by atoms with Gasteiger partial charge < -0.3 is 0 Å². The van der Waals surface area contributed by atoms with E-state index in [2.05, 4.69) is 22.6 Å². The highest BCUT2D eigenvalue weighted by Crippen LogP contribution is 2.48. The third kappa shape index (κ3) is 4.78. The van der Waals surface area contributed by atoms with Gasteiger partial charge in [0.15, 0.2) is 0 Å². The van der Waals surface area contributed by atoms with Crippen molar-refractivity contribution >= 4 is 22.6 Å². The third-order valence-electron chi connectivity index (χ3n) is 2.19. The number of alkyl halides is 8. The van der Waals surface area contributed by atoms with Gasteiger partial charge in [0.1, 0.15) is 0 Å². The second kappa shape index (κ2) is 6.42. The summed E-state index contributed by atoms with van der Waals surface area (Å²) in [5.41, 5.74) is 0. The summed E-state index contributed by atoms with van der Waals surface area (Å²) < 4.78 is 86.3. The normalized spacial score (nSPS) is 14.1. The van der Waals surface area contributed by atoms with Gasteiger partial charge in [0.05, 0.1) is 0 Å². The fourth-order valence-electron chi connectivity index (χ4n) is 1.16. The highest BCUT2D eigenvalue weighted by atomic mass is 127. The van der Waals surface area contributed by atoms with Crippen molar-refractivity contribution in [2.45, 2.75) is 50.1 Å². The van der Waals surface area contributed by atoms with Gasteiger partial charge in [0.2, 0.25) is 0 Å². The van der Waals surface area contributed by atoms with Crippen LogP contribution in [0.5, 0.6) is 0 Å². The van der Waals surface area contributed by atoms with Gasteiger partial charge in [-0.25, -0.2) is 0 Å². The molecule has 8 heteroatoms. The summed E-state index contributed by atoms with van der Waals surface area (Å²) in [6.45, 7) is 0. The van der Waals surface area contributed by atoms with Crippen LogP contribution in [-0.4, -0.2) is 22.4 Å². The Balaban J connectivity index is 4.28. The lowest BCUT2D eigenvalue weighted by Crippen LogP contribution is -2.51. The van der Waals surface area contributed by atoms with Crippen LogP contribution in [0.25, 0.3) is 0 Å². The minimum Gasteiger partial charge on any atom is -0.200 e. The maximum Gasteiger partial charge on any atom is 0.459 e. The standard InChI is InChI=1S/C9H12F7I/c10-7(11,5-3-1-2-4-6-17)8(12,13)9(14,15)16/h1-6H2. The van der Waals surface area contributed by atoms with Gasteiger partial charge in [-0.15, -0.1) is 0 Å². The van der Waals surface area contributed by atoms with Gasteiger partial charge in [-0.05, 0) is 17.3 Å². The molecule has 0 amide bonds. The molecule has 0 atom stereocenters. The fraction of sp³-hybridized carbons (Fsp3) is 1.00. The van der Waals surface area contributed by atoms with Gasteiger partial charge >= 0.3 is 18.0 Å². The van der Waals surface area contributed by atoms with Crippen molar-refractivity contribution in [1.29, 1.82) is 0 Å². The smallest absolute Gasteiger partial charge is 0.200 e. The Morgan fingerprint density at radius 1 is 0.706 bits per heavy atom. The van der Waals surface area contributed by atoms with Crippen LogP contribution in [0.2, 0.25) is 0 Å². The maximum atomic E-state index is 12.7. The van der Waals surface area contributed by atoms with E-state index in [1.807, 2.05) is 0 Å². The molecule has 0 saturated carbocycles. The van der Waals surface area contributed by atoms with Gasteiger partial charge in [0, 0.05) is 6.42 Å². The Labute approximate surface area is 108 Å². The second-order valence-corrected chi connectivity index (χ2v) is 4.71. The molecule has 0 N–H and O–H groups in total. The first-order valence-corrected chi connectivity index (χ1v) is 6.47. The summed E-state index contributed by atoms with van der Waals surface area (Å²) in [6.07, 6.45) is -6.47. The molecular formula is C9H12F7I. The van der Waals surface area contributed by atoms with E-state index >= 15 is 0 Å². The molecule has 0 aliphatic rings. The Morgan fingerprint density at radius 3 is 1.59 bits per heavy atom. The van der Waals surface area contributed by atoms with Crippen molar-refractivity contribution in [3.05, 3.63) is 0 Å². The molecule has 104 valence electrons. The number of halogens is 8. The number of hydrogen-bond acceptors (Lipinski definition) is 0. The Kier molecular flexibility index (Phi) is 6.51. The monoisotopic (exact) mass is 380 g/mol. The predicted molar refractivity (Wildman–Crippen MR) is 57.9 cm³/mol. The summed E-state index contributed by atoms with van der Waals surface area (Å²) >= 11 is 2.06. The average molecular weight is 380 g/mol. The molecule has 0 heterocycles. The molecule has 0 aliphatic carbocycles. The molecule has 0 rings (SSSR count). The maximum absolute atomic E-state index is 12.7. The summed E-state index contributed by atoms with van der Waals surface area (Å²) in [5.74, 6) is -11.0. The van der Waals surface area contributed by atoms with Crippen molar-refractivity contribution in [1.82, 2.24) is 0 Å². The summed E-state index contributed by atoms with van der Waals surface area (Å²) in [6, 6.07) is 0. The lowest BCUT2D eigenvalue weighted by atomic mass is 10.0. The van der Waals surface area contributed by atoms with Gasteiger partial charge in [-0.3, -0.25) is 0 Å². The van der Waals surface area contributed by atoms with E-state index in [9.17, 15) is 30.7 Å². The topological polar surface area (TPSA) is 0 Å². The van der Waals surface area contributed by atoms with Crippen LogP contribution < -0.4 is 0 Å². The summed E-state index contributed by atoms with van der Waals surface area (Å²) in [5, 5.41) is 0. The molecule has 17 heavy (non-hydrogen) atoms. The van der Waals surface area contributed by atoms with Gasteiger partial charge in [-0.2, -0.15) is 30.7 Å². The molecule has 0 aromatic carbocycles. The molecule has 0 unspecified atom stereocenters. The molecule has 0 saturated heterocycles. The zero-order valence-corrected chi connectivity index (χ0v) is 10.9. The van der Waals surface area contributed by atoms with E-state index in [-0.39, 0.29) is 12.8 Å². The van der Waals surface area contributed by atoms with E-state index < -0.39 is 24.4 Å². The number of unbranched alkanes of at least 4 members (excludes halogenated alkanes) is 3. The van der Waals surface area contributed by atoms with E-state index in [0.29, 0.717) is 6.42 Å². The molecule has 0 aromatic heterocycles. The minimum atomic E-state index is -6.21.